The van der Waals surface area contributed by atoms with Gasteiger partial charge in [0.25, 0.3) is 0 Å². The Balaban J connectivity index is 1.96. The normalized spacial score (nSPS) is 18.1. The minimum Gasteiger partial charge on any atom is -0.508 e. The van der Waals surface area contributed by atoms with Crippen LogP contribution in [0.2, 0.25) is 0 Å². The first-order valence-electron chi connectivity index (χ1n) is 10.3. The molecule has 28 heavy (non-hydrogen) atoms. The summed E-state index contributed by atoms with van der Waals surface area (Å²) in [5.74, 6) is 1.28. The van der Waals surface area contributed by atoms with Crippen LogP contribution in [0.4, 0.5) is 0 Å². The maximum Gasteiger partial charge on any atom is 0.123 e. The molecular weight excluding hydrogens is 344 g/mol. The molecule has 2 aromatic rings. The predicted octanol–water partition coefficient (Wildman–Crippen LogP) is 7.04. The first-order chi connectivity index (χ1) is 13.0. The average Bonchev–Trinajstić information content (AvgIpc) is 2.61. The van der Waals surface area contributed by atoms with E-state index in [9.17, 15) is 10.2 Å². The molecule has 2 aromatic carbocycles. The maximum absolute atomic E-state index is 11.0. The summed E-state index contributed by atoms with van der Waals surface area (Å²) in [7, 11) is 0. The highest BCUT2D eigenvalue weighted by Crippen LogP contribution is 2.43. The van der Waals surface area contributed by atoms with Crippen molar-refractivity contribution in [1.29, 1.82) is 0 Å². The van der Waals surface area contributed by atoms with Crippen LogP contribution >= 0.6 is 0 Å². The fourth-order valence-electron chi connectivity index (χ4n) is 4.11. The molecule has 1 aliphatic carbocycles. The van der Waals surface area contributed by atoms with Crippen molar-refractivity contribution < 1.29 is 10.2 Å². The van der Waals surface area contributed by atoms with Crippen molar-refractivity contribution in [1.82, 2.24) is 0 Å². The standard InChI is InChI=1S/C26H34O2/c1-25(2,3)22-15-20(16-23(24(22)28)26(4,5)6)19-9-7-17(8-10-19)18-11-13-21(27)14-12-18/h9,11-17,27-28H,7-8,10H2,1-6H3. The van der Waals surface area contributed by atoms with E-state index in [-0.39, 0.29) is 10.8 Å². The van der Waals surface area contributed by atoms with Gasteiger partial charge in [-0.2, -0.15) is 0 Å². The highest BCUT2D eigenvalue weighted by atomic mass is 16.3. The van der Waals surface area contributed by atoms with Crippen molar-refractivity contribution in [3.63, 3.8) is 0 Å². The predicted molar refractivity (Wildman–Crippen MR) is 118 cm³/mol. The van der Waals surface area contributed by atoms with Gasteiger partial charge in [-0.3, -0.25) is 0 Å². The first-order valence-corrected chi connectivity index (χ1v) is 10.3. The SMILES string of the molecule is CC(C)(C)c1cc(C2=CCC(c3ccc(O)cc3)CC2)cc(C(C)(C)C)c1O. The molecule has 0 spiro atoms. The third-order valence-electron chi connectivity index (χ3n) is 5.87. The molecule has 2 N–H and O–H groups in total. The fraction of sp³-hybridized carbons (Fsp3) is 0.462. The summed E-state index contributed by atoms with van der Waals surface area (Å²) in [6.45, 7) is 13.0. The zero-order chi connectivity index (χ0) is 20.7. The van der Waals surface area contributed by atoms with Crippen LogP contribution in [0, 0.1) is 0 Å². The molecule has 3 rings (SSSR count). The minimum absolute atomic E-state index is 0.107. The number of rotatable bonds is 2. The minimum atomic E-state index is -0.107. The fourth-order valence-corrected chi connectivity index (χ4v) is 4.11. The third kappa shape index (κ3) is 4.27. The van der Waals surface area contributed by atoms with E-state index >= 15 is 0 Å². The molecule has 0 aromatic heterocycles. The topological polar surface area (TPSA) is 40.5 Å². The number of allylic oxidation sites excluding steroid dienone is 2. The lowest BCUT2D eigenvalue weighted by atomic mass is 9.76. The van der Waals surface area contributed by atoms with E-state index in [1.165, 1.54) is 16.7 Å². The molecule has 0 heterocycles. The molecule has 0 radical (unpaired) electrons. The Labute approximate surface area is 169 Å². The lowest BCUT2D eigenvalue weighted by Gasteiger charge is -2.30. The van der Waals surface area contributed by atoms with Crippen LogP contribution in [-0.4, -0.2) is 10.2 Å². The largest absolute Gasteiger partial charge is 0.508 e. The van der Waals surface area contributed by atoms with E-state index in [1.54, 1.807) is 12.1 Å². The Hall–Kier alpha value is -2.22. The van der Waals surface area contributed by atoms with Crippen LogP contribution < -0.4 is 0 Å². The maximum atomic E-state index is 11.0. The van der Waals surface area contributed by atoms with Crippen molar-refractivity contribution in [2.24, 2.45) is 0 Å². The molecule has 0 amide bonds. The van der Waals surface area contributed by atoms with Crippen LogP contribution in [0.15, 0.2) is 42.5 Å². The summed E-state index contributed by atoms with van der Waals surface area (Å²) in [6.07, 6.45) is 5.51. The van der Waals surface area contributed by atoms with Crippen LogP contribution in [-0.2, 0) is 10.8 Å². The number of hydrogen-bond donors (Lipinski definition) is 2. The zero-order valence-electron chi connectivity index (χ0n) is 18.1. The monoisotopic (exact) mass is 378 g/mol. The average molecular weight is 379 g/mol. The zero-order valence-corrected chi connectivity index (χ0v) is 18.1. The van der Waals surface area contributed by atoms with E-state index in [4.69, 9.17) is 0 Å². The Kier molecular flexibility index (Phi) is 5.36. The number of aromatic hydroxyl groups is 2. The van der Waals surface area contributed by atoms with Gasteiger partial charge in [0.2, 0.25) is 0 Å². The summed E-state index contributed by atoms with van der Waals surface area (Å²) in [4.78, 5) is 0. The molecule has 1 atom stereocenters. The molecule has 0 saturated carbocycles. The molecule has 1 unspecified atom stereocenters. The van der Waals surface area contributed by atoms with E-state index in [1.807, 2.05) is 12.1 Å². The van der Waals surface area contributed by atoms with Crippen LogP contribution in [0.25, 0.3) is 5.57 Å². The smallest absolute Gasteiger partial charge is 0.123 e. The van der Waals surface area contributed by atoms with Crippen molar-refractivity contribution in [2.75, 3.05) is 0 Å². The molecule has 0 saturated heterocycles. The molecular formula is C26H34O2. The van der Waals surface area contributed by atoms with Crippen molar-refractivity contribution in [3.8, 4) is 11.5 Å². The van der Waals surface area contributed by atoms with Gasteiger partial charge in [0.05, 0.1) is 0 Å². The van der Waals surface area contributed by atoms with Crippen LogP contribution in [0.3, 0.4) is 0 Å². The Bertz CT molecular complexity index is 839. The van der Waals surface area contributed by atoms with E-state index < -0.39 is 0 Å². The van der Waals surface area contributed by atoms with Gasteiger partial charge < -0.3 is 10.2 Å². The molecule has 2 heteroatoms. The van der Waals surface area contributed by atoms with Crippen LogP contribution in [0.1, 0.15) is 89.0 Å². The third-order valence-corrected chi connectivity index (χ3v) is 5.87. The second-order valence-corrected chi connectivity index (χ2v) is 10.2. The highest BCUT2D eigenvalue weighted by Gasteiger charge is 2.27. The Morgan fingerprint density at radius 1 is 0.821 bits per heavy atom. The van der Waals surface area contributed by atoms with Gasteiger partial charge in [0.15, 0.2) is 0 Å². The summed E-state index contributed by atoms with van der Waals surface area (Å²) in [6, 6.07) is 12.0. The number of phenolic OH excluding ortho intramolecular Hbond substituents is 2. The van der Waals surface area contributed by atoms with Gasteiger partial charge in [0, 0.05) is 11.1 Å². The van der Waals surface area contributed by atoms with Crippen molar-refractivity contribution in [2.45, 2.75) is 77.6 Å². The van der Waals surface area contributed by atoms with Gasteiger partial charge in [-0.15, -0.1) is 0 Å². The lowest BCUT2D eigenvalue weighted by Crippen LogP contribution is -2.18. The van der Waals surface area contributed by atoms with E-state index in [0.717, 1.165) is 30.4 Å². The number of benzene rings is 2. The molecule has 1 aliphatic rings. The summed E-state index contributed by atoms with van der Waals surface area (Å²) < 4.78 is 0. The Morgan fingerprint density at radius 3 is 1.79 bits per heavy atom. The second-order valence-electron chi connectivity index (χ2n) is 10.2. The van der Waals surface area contributed by atoms with Gasteiger partial charge in [-0.25, -0.2) is 0 Å². The summed E-state index contributed by atoms with van der Waals surface area (Å²) in [5, 5.41) is 20.5. The van der Waals surface area contributed by atoms with Crippen LogP contribution in [0.5, 0.6) is 11.5 Å². The molecule has 150 valence electrons. The first kappa shape index (κ1) is 20.5. The summed E-state index contributed by atoms with van der Waals surface area (Å²) in [5.41, 5.74) is 5.76. The van der Waals surface area contributed by atoms with Gasteiger partial charge in [0.1, 0.15) is 11.5 Å². The molecule has 0 fully saturated rings. The molecule has 0 bridgehead atoms. The van der Waals surface area contributed by atoms with Crippen molar-refractivity contribution in [3.05, 3.63) is 64.7 Å². The van der Waals surface area contributed by atoms with Gasteiger partial charge >= 0.3 is 0 Å². The Morgan fingerprint density at radius 2 is 1.36 bits per heavy atom. The number of phenols is 2. The quantitative estimate of drug-likeness (QED) is 0.588. The number of hydrogen-bond acceptors (Lipinski definition) is 2. The second kappa shape index (κ2) is 7.31. The van der Waals surface area contributed by atoms with Gasteiger partial charge in [-0.05, 0) is 77.0 Å². The molecule has 2 nitrogen and oxygen atoms in total. The highest BCUT2D eigenvalue weighted by molar-refractivity contribution is 5.70. The lowest BCUT2D eigenvalue weighted by molar-refractivity contribution is 0.423. The van der Waals surface area contributed by atoms with Crippen molar-refractivity contribution >= 4 is 5.57 Å². The summed E-state index contributed by atoms with van der Waals surface area (Å²) >= 11 is 0. The van der Waals surface area contributed by atoms with E-state index in [2.05, 4.69) is 59.8 Å². The molecule has 0 aliphatic heterocycles. The van der Waals surface area contributed by atoms with Gasteiger partial charge in [-0.1, -0.05) is 59.8 Å². The van der Waals surface area contributed by atoms with E-state index in [0.29, 0.717) is 17.4 Å².